The van der Waals surface area contributed by atoms with E-state index in [4.69, 9.17) is 4.74 Å². The molecule has 0 bridgehead atoms. The molecule has 1 aliphatic rings. The normalized spacial score (nSPS) is 14.8. The fraction of sp³-hybridized carbons (Fsp3) is 0.364. The average molecular weight is 381 g/mol. The third kappa shape index (κ3) is 5.33. The average Bonchev–Trinajstić information content (AvgIpc) is 2.70. The Morgan fingerprint density at radius 1 is 0.964 bits per heavy atom. The molecule has 28 heavy (non-hydrogen) atoms. The zero-order chi connectivity index (χ0) is 19.9. The maximum atomic E-state index is 12.5. The van der Waals surface area contributed by atoms with Crippen LogP contribution in [0.3, 0.4) is 0 Å². The smallest absolute Gasteiger partial charge is 0.238 e. The second kappa shape index (κ2) is 9.37. The van der Waals surface area contributed by atoms with E-state index in [1.165, 1.54) is 0 Å². The highest BCUT2D eigenvalue weighted by atomic mass is 16.5. The summed E-state index contributed by atoms with van der Waals surface area (Å²) in [7, 11) is 0. The highest BCUT2D eigenvalue weighted by Gasteiger charge is 2.24. The number of benzene rings is 2. The molecule has 0 atom stereocenters. The van der Waals surface area contributed by atoms with Crippen molar-refractivity contribution >= 4 is 17.5 Å². The van der Waals surface area contributed by atoms with Gasteiger partial charge in [-0.25, -0.2) is 0 Å². The summed E-state index contributed by atoms with van der Waals surface area (Å²) in [4.78, 5) is 28.5. The Kier molecular flexibility index (Phi) is 6.66. The molecule has 1 fully saturated rings. The zero-order valence-corrected chi connectivity index (χ0v) is 16.4. The van der Waals surface area contributed by atoms with Gasteiger partial charge in [-0.3, -0.25) is 14.5 Å². The fourth-order valence-electron chi connectivity index (χ4n) is 3.16. The van der Waals surface area contributed by atoms with Crippen LogP contribution in [0.1, 0.15) is 13.8 Å². The largest absolute Gasteiger partial charge is 0.455 e. The van der Waals surface area contributed by atoms with E-state index in [-0.39, 0.29) is 17.7 Å². The first kappa shape index (κ1) is 19.9. The number of nitrogens with zero attached hydrogens (tertiary/aromatic N) is 2. The van der Waals surface area contributed by atoms with E-state index in [2.05, 4.69) is 10.2 Å². The minimum absolute atomic E-state index is 0.0102. The predicted octanol–water partition coefficient (Wildman–Crippen LogP) is 3.22. The molecule has 3 rings (SSSR count). The highest BCUT2D eigenvalue weighted by Crippen LogP contribution is 2.29. The second-order valence-corrected chi connectivity index (χ2v) is 7.22. The Hall–Kier alpha value is -2.86. The maximum absolute atomic E-state index is 12.5. The van der Waals surface area contributed by atoms with E-state index in [1.54, 1.807) is 0 Å². The van der Waals surface area contributed by atoms with Crippen LogP contribution < -0.4 is 10.1 Å². The fourth-order valence-corrected chi connectivity index (χ4v) is 3.16. The lowest BCUT2D eigenvalue weighted by atomic mass is 10.1. The Morgan fingerprint density at radius 3 is 2.29 bits per heavy atom. The third-order valence-electron chi connectivity index (χ3n) is 4.68. The summed E-state index contributed by atoms with van der Waals surface area (Å²) in [6, 6.07) is 16.9. The van der Waals surface area contributed by atoms with Crippen LogP contribution in [0.25, 0.3) is 0 Å². The van der Waals surface area contributed by atoms with Crippen molar-refractivity contribution in [3.63, 3.8) is 0 Å². The molecule has 0 radical (unpaired) electrons. The van der Waals surface area contributed by atoms with E-state index in [9.17, 15) is 9.59 Å². The van der Waals surface area contributed by atoms with E-state index in [0.29, 0.717) is 44.2 Å². The summed E-state index contributed by atoms with van der Waals surface area (Å²) >= 11 is 0. The first-order chi connectivity index (χ1) is 13.5. The molecule has 1 saturated heterocycles. The molecule has 1 heterocycles. The standard InChI is InChI=1S/C22H27N3O3/c1-17(2)22(27)25-14-12-24(13-15-25)16-21(26)23-19-10-6-7-11-20(19)28-18-8-4-3-5-9-18/h3-11,17H,12-16H2,1-2H3,(H,23,26). The van der Waals surface area contributed by atoms with Crippen molar-refractivity contribution in [2.45, 2.75) is 13.8 Å². The highest BCUT2D eigenvalue weighted by molar-refractivity contribution is 5.93. The monoisotopic (exact) mass is 381 g/mol. The van der Waals surface area contributed by atoms with Gasteiger partial charge in [-0.05, 0) is 24.3 Å². The summed E-state index contributed by atoms with van der Waals surface area (Å²) in [5.74, 6) is 1.42. The quantitative estimate of drug-likeness (QED) is 0.835. The van der Waals surface area contributed by atoms with E-state index in [0.717, 1.165) is 5.75 Å². The lowest BCUT2D eigenvalue weighted by Gasteiger charge is -2.35. The molecular formula is C22H27N3O3. The van der Waals surface area contributed by atoms with Crippen LogP contribution >= 0.6 is 0 Å². The van der Waals surface area contributed by atoms with E-state index < -0.39 is 0 Å². The minimum Gasteiger partial charge on any atom is -0.455 e. The number of para-hydroxylation sites is 3. The minimum atomic E-state index is -0.0900. The molecular weight excluding hydrogens is 354 g/mol. The van der Waals surface area contributed by atoms with Crippen LogP contribution in [0.4, 0.5) is 5.69 Å². The lowest BCUT2D eigenvalue weighted by Crippen LogP contribution is -2.51. The first-order valence-electron chi connectivity index (χ1n) is 9.66. The van der Waals surface area contributed by atoms with Gasteiger partial charge < -0.3 is 15.0 Å². The third-order valence-corrected chi connectivity index (χ3v) is 4.68. The van der Waals surface area contributed by atoms with Gasteiger partial charge in [0.1, 0.15) is 5.75 Å². The molecule has 2 amide bonds. The van der Waals surface area contributed by atoms with Crippen molar-refractivity contribution < 1.29 is 14.3 Å². The Balaban J connectivity index is 1.54. The molecule has 0 saturated carbocycles. The Bertz CT molecular complexity index is 800. The molecule has 0 aliphatic carbocycles. The predicted molar refractivity (Wildman–Crippen MR) is 109 cm³/mol. The van der Waals surface area contributed by atoms with Crippen LogP contribution in [0.2, 0.25) is 0 Å². The summed E-state index contributed by atoms with van der Waals surface area (Å²) in [6.07, 6.45) is 0. The number of amides is 2. The Labute approximate surface area is 166 Å². The molecule has 2 aromatic rings. The maximum Gasteiger partial charge on any atom is 0.238 e. The molecule has 148 valence electrons. The molecule has 2 aromatic carbocycles. The number of piperazine rings is 1. The topological polar surface area (TPSA) is 61.9 Å². The second-order valence-electron chi connectivity index (χ2n) is 7.22. The van der Waals surface area contributed by atoms with Crippen LogP contribution in [0.15, 0.2) is 54.6 Å². The van der Waals surface area contributed by atoms with Gasteiger partial charge in [-0.15, -0.1) is 0 Å². The van der Waals surface area contributed by atoms with Gasteiger partial charge in [0.2, 0.25) is 11.8 Å². The summed E-state index contributed by atoms with van der Waals surface area (Å²) < 4.78 is 5.89. The van der Waals surface area contributed by atoms with Crippen molar-refractivity contribution in [1.29, 1.82) is 0 Å². The molecule has 0 unspecified atom stereocenters. The molecule has 6 nitrogen and oxygen atoms in total. The number of anilines is 1. The van der Waals surface area contributed by atoms with Crippen LogP contribution in [-0.2, 0) is 9.59 Å². The van der Waals surface area contributed by atoms with Gasteiger partial charge in [0.15, 0.2) is 5.75 Å². The van der Waals surface area contributed by atoms with Crippen molar-refractivity contribution in [1.82, 2.24) is 9.80 Å². The molecule has 0 aromatic heterocycles. The van der Waals surface area contributed by atoms with Crippen molar-refractivity contribution in [2.24, 2.45) is 5.92 Å². The van der Waals surface area contributed by atoms with Gasteiger partial charge >= 0.3 is 0 Å². The van der Waals surface area contributed by atoms with E-state index in [1.807, 2.05) is 73.3 Å². The van der Waals surface area contributed by atoms with Crippen LogP contribution in [-0.4, -0.2) is 54.3 Å². The number of rotatable bonds is 6. The van der Waals surface area contributed by atoms with E-state index >= 15 is 0 Å². The summed E-state index contributed by atoms with van der Waals surface area (Å²) in [6.45, 7) is 6.86. The van der Waals surface area contributed by atoms with Crippen molar-refractivity contribution in [3.8, 4) is 11.5 Å². The number of nitrogens with one attached hydrogen (secondary N) is 1. The van der Waals surface area contributed by atoms with Gasteiger partial charge in [0.25, 0.3) is 0 Å². The van der Waals surface area contributed by atoms with Crippen molar-refractivity contribution in [3.05, 3.63) is 54.6 Å². The molecule has 1 aliphatic heterocycles. The molecule has 6 heteroatoms. The Morgan fingerprint density at radius 2 is 1.61 bits per heavy atom. The summed E-state index contributed by atoms with van der Waals surface area (Å²) in [5, 5.41) is 2.94. The van der Waals surface area contributed by atoms with Crippen molar-refractivity contribution in [2.75, 3.05) is 38.0 Å². The molecule has 0 spiro atoms. The van der Waals surface area contributed by atoms with Gasteiger partial charge in [0, 0.05) is 32.1 Å². The first-order valence-corrected chi connectivity index (χ1v) is 9.66. The molecule has 1 N–H and O–H groups in total. The number of ether oxygens (including phenoxy) is 1. The number of hydrogen-bond donors (Lipinski definition) is 1. The summed E-state index contributed by atoms with van der Waals surface area (Å²) in [5.41, 5.74) is 0.643. The van der Waals surface area contributed by atoms with Gasteiger partial charge in [-0.2, -0.15) is 0 Å². The number of carbonyl (C=O) groups is 2. The lowest BCUT2D eigenvalue weighted by molar-refractivity contribution is -0.136. The SMILES string of the molecule is CC(C)C(=O)N1CCN(CC(=O)Nc2ccccc2Oc2ccccc2)CC1. The number of carbonyl (C=O) groups excluding carboxylic acids is 2. The van der Waals surface area contributed by atoms with Crippen LogP contribution in [0, 0.1) is 5.92 Å². The van der Waals surface area contributed by atoms with Gasteiger partial charge in [-0.1, -0.05) is 44.2 Å². The van der Waals surface area contributed by atoms with Gasteiger partial charge in [0.05, 0.1) is 12.2 Å². The zero-order valence-electron chi connectivity index (χ0n) is 16.4. The van der Waals surface area contributed by atoms with Crippen LogP contribution in [0.5, 0.6) is 11.5 Å². The number of hydrogen-bond acceptors (Lipinski definition) is 4.